The van der Waals surface area contributed by atoms with Crippen molar-refractivity contribution < 1.29 is 5.11 Å². The van der Waals surface area contributed by atoms with Gasteiger partial charge in [0.15, 0.2) is 0 Å². The molecular formula is C13H21ClN2O. The van der Waals surface area contributed by atoms with Gasteiger partial charge in [0, 0.05) is 24.2 Å². The second-order valence-corrected chi connectivity index (χ2v) is 4.97. The highest BCUT2D eigenvalue weighted by Crippen LogP contribution is 2.21. The van der Waals surface area contributed by atoms with Crippen LogP contribution >= 0.6 is 11.6 Å². The molecule has 0 bridgehead atoms. The Morgan fingerprint density at radius 3 is 2.59 bits per heavy atom. The summed E-state index contributed by atoms with van der Waals surface area (Å²) in [4.78, 5) is 1.96. The van der Waals surface area contributed by atoms with Gasteiger partial charge in [-0.25, -0.2) is 0 Å². The predicted molar refractivity (Wildman–Crippen MR) is 72.4 cm³/mol. The van der Waals surface area contributed by atoms with Gasteiger partial charge < -0.3 is 15.3 Å². The molecule has 96 valence electrons. The highest BCUT2D eigenvalue weighted by Gasteiger charge is 2.11. The molecule has 0 saturated carbocycles. The normalized spacial score (nSPS) is 14.9. The molecule has 3 nitrogen and oxygen atoms in total. The maximum absolute atomic E-state index is 9.75. The van der Waals surface area contributed by atoms with E-state index in [1.165, 1.54) is 0 Å². The van der Waals surface area contributed by atoms with Crippen LogP contribution in [0.3, 0.4) is 0 Å². The average Bonchev–Trinajstić information content (AvgIpc) is 2.25. The highest BCUT2D eigenvalue weighted by molar-refractivity contribution is 6.31. The van der Waals surface area contributed by atoms with E-state index in [0.29, 0.717) is 13.1 Å². The third-order valence-electron chi connectivity index (χ3n) is 2.61. The maximum Gasteiger partial charge on any atom is 0.0791 e. The first-order chi connectivity index (χ1) is 8.00. The van der Waals surface area contributed by atoms with Gasteiger partial charge in [-0.2, -0.15) is 0 Å². The zero-order chi connectivity index (χ0) is 12.8. The van der Waals surface area contributed by atoms with E-state index in [1.54, 1.807) is 0 Å². The molecule has 2 N–H and O–H groups in total. The van der Waals surface area contributed by atoms with Crippen molar-refractivity contribution >= 4 is 11.6 Å². The summed E-state index contributed by atoms with van der Waals surface area (Å²) in [5.41, 5.74) is 1.06. The van der Waals surface area contributed by atoms with Crippen LogP contribution in [0.15, 0.2) is 24.3 Å². The van der Waals surface area contributed by atoms with Crippen LogP contribution in [0.2, 0.25) is 5.02 Å². The standard InChI is InChI=1S/C13H21ClN2O/c1-10(12-6-4-5-7-13(12)14)15-8-11(17)9-16(2)3/h4-7,10-11,15,17H,8-9H2,1-3H3. The summed E-state index contributed by atoms with van der Waals surface area (Å²) in [6.07, 6.45) is -0.366. The van der Waals surface area contributed by atoms with Crippen LogP contribution in [-0.4, -0.2) is 43.3 Å². The van der Waals surface area contributed by atoms with Crippen molar-refractivity contribution in [3.8, 4) is 0 Å². The Morgan fingerprint density at radius 1 is 1.35 bits per heavy atom. The molecule has 0 aromatic heterocycles. The summed E-state index contributed by atoms with van der Waals surface area (Å²) in [7, 11) is 3.89. The smallest absolute Gasteiger partial charge is 0.0791 e. The molecular weight excluding hydrogens is 236 g/mol. The number of nitrogens with zero attached hydrogens (tertiary/aromatic N) is 1. The molecule has 0 aliphatic rings. The fraction of sp³-hybridized carbons (Fsp3) is 0.538. The molecule has 2 unspecified atom stereocenters. The number of hydrogen-bond acceptors (Lipinski definition) is 3. The van der Waals surface area contributed by atoms with Gasteiger partial charge in [-0.1, -0.05) is 29.8 Å². The first kappa shape index (κ1) is 14.5. The molecule has 1 aromatic rings. The molecule has 0 amide bonds. The third kappa shape index (κ3) is 5.04. The molecule has 0 heterocycles. The van der Waals surface area contributed by atoms with Crippen molar-refractivity contribution in [3.05, 3.63) is 34.9 Å². The minimum atomic E-state index is -0.366. The molecule has 1 rings (SSSR count). The first-order valence-electron chi connectivity index (χ1n) is 5.81. The van der Waals surface area contributed by atoms with Crippen LogP contribution in [0.25, 0.3) is 0 Å². The Morgan fingerprint density at radius 2 is 2.00 bits per heavy atom. The minimum Gasteiger partial charge on any atom is -0.390 e. The number of halogens is 1. The number of rotatable bonds is 6. The number of aliphatic hydroxyl groups is 1. The largest absolute Gasteiger partial charge is 0.390 e. The lowest BCUT2D eigenvalue weighted by Gasteiger charge is -2.20. The van der Waals surface area contributed by atoms with E-state index in [9.17, 15) is 5.11 Å². The van der Waals surface area contributed by atoms with Crippen LogP contribution in [0.1, 0.15) is 18.5 Å². The van der Waals surface area contributed by atoms with E-state index < -0.39 is 0 Å². The van der Waals surface area contributed by atoms with Crippen LogP contribution in [0.4, 0.5) is 0 Å². The minimum absolute atomic E-state index is 0.139. The molecule has 0 aliphatic heterocycles. The molecule has 0 radical (unpaired) electrons. The Kier molecular flexibility index (Phi) is 5.92. The summed E-state index contributed by atoms with van der Waals surface area (Å²) < 4.78 is 0. The van der Waals surface area contributed by atoms with Crippen LogP contribution in [0.5, 0.6) is 0 Å². The zero-order valence-corrected chi connectivity index (χ0v) is 11.4. The molecule has 0 aliphatic carbocycles. The van der Waals surface area contributed by atoms with Crippen molar-refractivity contribution in [1.82, 2.24) is 10.2 Å². The van der Waals surface area contributed by atoms with Gasteiger partial charge in [-0.15, -0.1) is 0 Å². The predicted octanol–water partition coefficient (Wildman–Crippen LogP) is 1.91. The molecule has 4 heteroatoms. The lowest BCUT2D eigenvalue weighted by molar-refractivity contribution is 0.132. The van der Waals surface area contributed by atoms with Gasteiger partial charge >= 0.3 is 0 Å². The molecule has 0 fully saturated rings. The molecule has 1 aromatic carbocycles. The monoisotopic (exact) mass is 256 g/mol. The van der Waals surface area contributed by atoms with Gasteiger partial charge in [0.1, 0.15) is 0 Å². The highest BCUT2D eigenvalue weighted by atomic mass is 35.5. The fourth-order valence-electron chi connectivity index (χ4n) is 1.74. The lowest BCUT2D eigenvalue weighted by atomic mass is 10.1. The number of aliphatic hydroxyl groups excluding tert-OH is 1. The maximum atomic E-state index is 9.75. The van der Waals surface area contributed by atoms with Crippen molar-refractivity contribution in [1.29, 1.82) is 0 Å². The number of likely N-dealkylation sites (N-methyl/N-ethyl adjacent to an activating group) is 1. The van der Waals surface area contributed by atoms with Crippen LogP contribution < -0.4 is 5.32 Å². The van der Waals surface area contributed by atoms with Crippen LogP contribution in [-0.2, 0) is 0 Å². The number of benzene rings is 1. The third-order valence-corrected chi connectivity index (χ3v) is 2.95. The molecule has 0 saturated heterocycles. The van der Waals surface area contributed by atoms with Crippen LogP contribution in [0, 0.1) is 0 Å². The summed E-state index contributed by atoms with van der Waals surface area (Å²) in [6, 6.07) is 7.90. The first-order valence-corrected chi connectivity index (χ1v) is 6.19. The average molecular weight is 257 g/mol. The Labute approximate surface area is 108 Å². The zero-order valence-electron chi connectivity index (χ0n) is 10.7. The number of nitrogens with one attached hydrogen (secondary N) is 1. The van der Waals surface area contributed by atoms with E-state index in [-0.39, 0.29) is 12.1 Å². The molecule has 17 heavy (non-hydrogen) atoms. The second-order valence-electron chi connectivity index (χ2n) is 4.57. The Balaban J connectivity index is 2.45. The van der Waals surface area contributed by atoms with Gasteiger partial charge in [-0.05, 0) is 32.6 Å². The number of hydrogen-bond donors (Lipinski definition) is 2. The second kappa shape index (κ2) is 6.97. The van der Waals surface area contributed by atoms with E-state index in [2.05, 4.69) is 5.32 Å². The summed E-state index contributed by atoms with van der Waals surface area (Å²) in [5.74, 6) is 0. The molecule has 0 spiro atoms. The van der Waals surface area contributed by atoms with E-state index in [4.69, 9.17) is 11.6 Å². The van der Waals surface area contributed by atoms with Gasteiger partial charge in [0.25, 0.3) is 0 Å². The summed E-state index contributed by atoms with van der Waals surface area (Å²) in [6.45, 7) is 3.26. The topological polar surface area (TPSA) is 35.5 Å². The van der Waals surface area contributed by atoms with Crippen molar-refractivity contribution in [2.24, 2.45) is 0 Å². The van der Waals surface area contributed by atoms with E-state index in [0.717, 1.165) is 10.6 Å². The Hall–Kier alpha value is -0.610. The van der Waals surface area contributed by atoms with Crippen molar-refractivity contribution in [3.63, 3.8) is 0 Å². The van der Waals surface area contributed by atoms with E-state index in [1.807, 2.05) is 50.2 Å². The molecule has 2 atom stereocenters. The van der Waals surface area contributed by atoms with Gasteiger partial charge in [0.2, 0.25) is 0 Å². The SMILES string of the molecule is CC(NCC(O)CN(C)C)c1ccccc1Cl. The summed E-state index contributed by atoms with van der Waals surface area (Å²) >= 11 is 6.11. The van der Waals surface area contributed by atoms with Gasteiger partial charge in [-0.3, -0.25) is 0 Å². The lowest BCUT2D eigenvalue weighted by Crippen LogP contribution is -2.36. The summed E-state index contributed by atoms with van der Waals surface area (Å²) in [5, 5.41) is 13.8. The Bertz CT molecular complexity index is 344. The van der Waals surface area contributed by atoms with Gasteiger partial charge in [0.05, 0.1) is 6.10 Å². The van der Waals surface area contributed by atoms with Crippen molar-refractivity contribution in [2.75, 3.05) is 27.2 Å². The quantitative estimate of drug-likeness (QED) is 0.816. The fourth-order valence-corrected chi connectivity index (χ4v) is 2.03. The van der Waals surface area contributed by atoms with E-state index >= 15 is 0 Å². The van der Waals surface area contributed by atoms with Crippen molar-refractivity contribution in [2.45, 2.75) is 19.1 Å².